The van der Waals surface area contributed by atoms with E-state index < -0.39 is 18.0 Å². The van der Waals surface area contributed by atoms with Crippen molar-refractivity contribution >= 4 is 28.9 Å². The molecule has 1 unspecified atom stereocenters. The van der Waals surface area contributed by atoms with Crippen LogP contribution in [0.5, 0.6) is 0 Å². The zero-order valence-corrected chi connectivity index (χ0v) is 10.9. The van der Waals surface area contributed by atoms with Gasteiger partial charge in [-0.25, -0.2) is 9.79 Å². The second kappa shape index (κ2) is 6.24. The third kappa shape index (κ3) is 3.99. The van der Waals surface area contributed by atoms with Gasteiger partial charge in [-0.3, -0.25) is 10.1 Å². The highest BCUT2D eigenvalue weighted by molar-refractivity contribution is 8.14. The van der Waals surface area contributed by atoms with Crippen LogP contribution in [0.2, 0.25) is 0 Å². The number of alkyl carbamates (subject to hydrolysis) is 1. The summed E-state index contributed by atoms with van der Waals surface area (Å²) in [5.41, 5.74) is 6.02. The van der Waals surface area contributed by atoms with Gasteiger partial charge in [0.25, 0.3) is 0 Å². The van der Waals surface area contributed by atoms with Gasteiger partial charge in [0.1, 0.15) is 12.6 Å². The monoisotopic (exact) mass is 279 g/mol. The quantitative estimate of drug-likeness (QED) is 0.858. The summed E-state index contributed by atoms with van der Waals surface area (Å²) in [6, 6.07) is 8.76. The number of carbonyl (C=O) groups excluding carboxylic acids is 2. The number of nitrogens with zero attached hydrogens (tertiary/aromatic N) is 1. The average molecular weight is 279 g/mol. The summed E-state index contributed by atoms with van der Waals surface area (Å²) < 4.78 is 5.03. The standard InChI is InChI=1S/C12H13N3O3S/c13-10(16)9-7-19-11(14-9)15-12(17)18-6-8-4-2-1-3-5-8/h1-5,9H,6-7H2,(H2,13,16)(H,14,15,17). The van der Waals surface area contributed by atoms with Crippen LogP contribution < -0.4 is 11.1 Å². The van der Waals surface area contributed by atoms with Crippen LogP contribution in [-0.2, 0) is 16.1 Å². The number of hydrogen-bond donors (Lipinski definition) is 2. The Hall–Kier alpha value is -2.02. The molecule has 0 bridgehead atoms. The van der Waals surface area contributed by atoms with Gasteiger partial charge in [0.15, 0.2) is 5.17 Å². The minimum absolute atomic E-state index is 0.184. The van der Waals surface area contributed by atoms with E-state index in [2.05, 4.69) is 10.3 Å². The lowest BCUT2D eigenvalue weighted by Gasteiger charge is -2.05. The minimum atomic E-state index is -0.597. The predicted molar refractivity (Wildman–Crippen MR) is 72.6 cm³/mol. The van der Waals surface area contributed by atoms with E-state index in [0.717, 1.165) is 5.56 Å². The molecule has 1 aliphatic rings. The number of primary amides is 1. The number of thioether (sulfide) groups is 1. The third-order valence-corrected chi connectivity index (χ3v) is 3.36. The summed E-state index contributed by atoms with van der Waals surface area (Å²) in [5.74, 6) is -0.0501. The molecule has 19 heavy (non-hydrogen) atoms. The van der Waals surface area contributed by atoms with Crippen LogP contribution in [0.4, 0.5) is 4.79 Å². The van der Waals surface area contributed by atoms with Gasteiger partial charge in [0.2, 0.25) is 5.91 Å². The van der Waals surface area contributed by atoms with Crippen molar-refractivity contribution in [1.29, 1.82) is 0 Å². The van der Waals surface area contributed by atoms with Gasteiger partial charge in [-0.15, -0.1) is 0 Å². The Balaban J connectivity index is 1.79. The van der Waals surface area contributed by atoms with Crippen molar-refractivity contribution in [3.05, 3.63) is 35.9 Å². The summed E-state index contributed by atoms with van der Waals surface area (Å²) in [6.45, 7) is 0.184. The molecule has 6 nitrogen and oxygen atoms in total. The van der Waals surface area contributed by atoms with Crippen molar-refractivity contribution in [3.63, 3.8) is 0 Å². The number of carbonyl (C=O) groups is 2. The molecule has 1 aliphatic heterocycles. The molecular weight excluding hydrogens is 266 g/mol. The first-order valence-corrected chi connectivity index (χ1v) is 6.61. The molecule has 1 aromatic carbocycles. The number of hydrogen-bond acceptors (Lipinski definition) is 5. The normalized spacial score (nSPS) is 17.7. The van der Waals surface area contributed by atoms with Gasteiger partial charge in [-0.05, 0) is 5.56 Å². The zero-order chi connectivity index (χ0) is 13.7. The van der Waals surface area contributed by atoms with E-state index in [-0.39, 0.29) is 6.61 Å². The fourth-order valence-electron chi connectivity index (χ4n) is 1.43. The molecule has 1 atom stereocenters. The predicted octanol–water partition coefficient (Wildman–Crippen LogP) is 0.869. The van der Waals surface area contributed by atoms with Gasteiger partial charge < -0.3 is 10.5 Å². The van der Waals surface area contributed by atoms with Crippen LogP contribution in [0, 0.1) is 0 Å². The van der Waals surface area contributed by atoms with Gasteiger partial charge in [-0.2, -0.15) is 0 Å². The van der Waals surface area contributed by atoms with E-state index in [1.807, 2.05) is 30.3 Å². The molecule has 0 fully saturated rings. The van der Waals surface area contributed by atoms with Crippen LogP contribution in [0.15, 0.2) is 35.3 Å². The van der Waals surface area contributed by atoms with Crippen LogP contribution in [-0.4, -0.2) is 29.0 Å². The summed E-state index contributed by atoms with van der Waals surface area (Å²) in [6.07, 6.45) is -0.597. The first-order chi connectivity index (χ1) is 9.15. The number of amides is 2. The van der Waals surface area contributed by atoms with E-state index in [9.17, 15) is 9.59 Å². The Kier molecular flexibility index (Phi) is 4.40. The summed E-state index contributed by atoms with van der Waals surface area (Å²) in [7, 11) is 0. The molecule has 1 heterocycles. The Morgan fingerprint density at radius 1 is 1.42 bits per heavy atom. The number of benzene rings is 1. The van der Waals surface area contributed by atoms with E-state index in [1.165, 1.54) is 11.8 Å². The van der Waals surface area contributed by atoms with Crippen molar-refractivity contribution in [1.82, 2.24) is 5.32 Å². The second-order valence-electron chi connectivity index (χ2n) is 3.85. The summed E-state index contributed by atoms with van der Waals surface area (Å²) >= 11 is 1.27. The molecule has 0 spiro atoms. The highest BCUT2D eigenvalue weighted by Crippen LogP contribution is 2.16. The first-order valence-electron chi connectivity index (χ1n) is 5.63. The number of amidine groups is 1. The van der Waals surface area contributed by atoms with E-state index in [4.69, 9.17) is 10.5 Å². The number of rotatable bonds is 3. The maximum atomic E-state index is 11.5. The van der Waals surface area contributed by atoms with Crippen molar-refractivity contribution in [2.75, 3.05) is 5.75 Å². The van der Waals surface area contributed by atoms with Crippen LogP contribution in [0.25, 0.3) is 0 Å². The Labute approximate surface area is 114 Å². The maximum Gasteiger partial charge on any atom is 0.413 e. The van der Waals surface area contributed by atoms with Gasteiger partial charge in [0, 0.05) is 5.75 Å². The third-order valence-electron chi connectivity index (χ3n) is 2.40. The molecule has 0 saturated heterocycles. The van der Waals surface area contributed by atoms with Crippen LogP contribution in [0.1, 0.15) is 5.56 Å². The Morgan fingerprint density at radius 2 is 2.16 bits per heavy atom. The fourth-order valence-corrected chi connectivity index (χ4v) is 2.35. The number of nitrogens with two attached hydrogens (primary N) is 1. The molecular formula is C12H13N3O3S. The number of aliphatic imine (C=N–C) groups is 1. The van der Waals surface area contributed by atoms with Crippen molar-refractivity contribution in [2.45, 2.75) is 12.6 Å². The fraction of sp³-hybridized carbons (Fsp3) is 0.250. The molecule has 1 aromatic rings. The smallest absolute Gasteiger partial charge is 0.413 e. The van der Waals surface area contributed by atoms with E-state index in [0.29, 0.717) is 10.9 Å². The van der Waals surface area contributed by atoms with E-state index >= 15 is 0 Å². The SMILES string of the molecule is NC(=O)C1CSC(NC(=O)OCc2ccccc2)=N1. The lowest BCUT2D eigenvalue weighted by molar-refractivity contribution is -0.118. The number of ether oxygens (including phenoxy) is 1. The van der Waals surface area contributed by atoms with Gasteiger partial charge in [0.05, 0.1) is 0 Å². The van der Waals surface area contributed by atoms with Crippen molar-refractivity contribution in [3.8, 4) is 0 Å². The molecule has 0 aliphatic carbocycles. The highest BCUT2D eigenvalue weighted by Gasteiger charge is 2.24. The average Bonchev–Trinajstić information content (AvgIpc) is 2.86. The maximum absolute atomic E-state index is 11.5. The van der Waals surface area contributed by atoms with E-state index in [1.54, 1.807) is 0 Å². The highest BCUT2D eigenvalue weighted by atomic mass is 32.2. The molecule has 2 amide bonds. The van der Waals surface area contributed by atoms with Gasteiger partial charge in [-0.1, -0.05) is 42.1 Å². The lowest BCUT2D eigenvalue weighted by Crippen LogP contribution is -2.29. The van der Waals surface area contributed by atoms with Crippen LogP contribution in [0.3, 0.4) is 0 Å². The second-order valence-corrected chi connectivity index (χ2v) is 4.86. The largest absolute Gasteiger partial charge is 0.444 e. The minimum Gasteiger partial charge on any atom is -0.444 e. The summed E-state index contributed by atoms with van der Waals surface area (Å²) in [4.78, 5) is 26.4. The lowest BCUT2D eigenvalue weighted by atomic mass is 10.2. The zero-order valence-electron chi connectivity index (χ0n) is 10.0. The van der Waals surface area contributed by atoms with Gasteiger partial charge >= 0.3 is 6.09 Å². The molecule has 0 aromatic heterocycles. The Morgan fingerprint density at radius 3 is 2.79 bits per heavy atom. The summed E-state index contributed by atoms with van der Waals surface area (Å²) in [5, 5.41) is 2.84. The molecule has 0 radical (unpaired) electrons. The van der Waals surface area contributed by atoms with Crippen molar-refractivity contribution in [2.24, 2.45) is 10.7 Å². The molecule has 7 heteroatoms. The topological polar surface area (TPSA) is 93.8 Å². The molecule has 0 saturated carbocycles. The molecule has 2 rings (SSSR count). The first kappa shape index (κ1) is 13.4. The number of nitrogens with one attached hydrogen (secondary N) is 1. The molecule has 100 valence electrons. The van der Waals surface area contributed by atoms with Crippen LogP contribution >= 0.6 is 11.8 Å². The molecule has 3 N–H and O–H groups in total. The van der Waals surface area contributed by atoms with Crippen molar-refractivity contribution < 1.29 is 14.3 Å². The Bertz CT molecular complexity index is 504.